The summed E-state index contributed by atoms with van der Waals surface area (Å²) in [6, 6.07) is 0. The molecular formula is C11H11F4NO. The van der Waals surface area contributed by atoms with Crippen LogP contribution in [0.4, 0.5) is 17.6 Å². The van der Waals surface area contributed by atoms with E-state index in [9.17, 15) is 17.6 Å². The zero-order valence-electron chi connectivity index (χ0n) is 8.98. The topological polar surface area (TPSA) is 22.1 Å². The van der Waals surface area contributed by atoms with Crippen molar-refractivity contribution in [1.82, 2.24) is 4.98 Å². The lowest BCUT2D eigenvalue weighted by Crippen LogP contribution is -2.15. The van der Waals surface area contributed by atoms with Crippen LogP contribution in [0.5, 0.6) is 5.75 Å². The van der Waals surface area contributed by atoms with Gasteiger partial charge >= 0.3 is 0 Å². The van der Waals surface area contributed by atoms with E-state index in [4.69, 9.17) is 4.74 Å². The zero-order valence-corrected chi connectivity index (χ0v) is 8.98. The lowest BCUT2D eigenvalue weighted by atomic mass is 9.83. The summed E-state index contributed by atoms with van der Waals surface area (Å²) in [5, 5.41) is 0. The molecule has 1 aliphatic rings. The maximum atomic E-state index is 13.1. The highest BCUT2D eigenvalue weighted by atomic mass is 19.2. The highest BCUT2D eigenvalue weighted by Gasteiger charge is 2.23. The van der Waals surface area contributed by atoms with Gasteiger partial charge in [0.15, 0.2) is 5.75 Å². The molecule has 0 unspecified atom stereocenters. The first-order valence-electron chi connectivity index (χ1n) is 5.42. The summed E-state index contributed by atoms with van der Waals surface area (Å²) in [6.45, 7) is 0.0431. The Morgan fingerprint density at radius 3 is 2.12 bits per heavy atom. The second-order valence-electron chi connectivity index (χ2n) is 4.08. The number of ether oxygens (including phenoxy) is 1. The normalized spacial score (nSPS) is 15.8. The van der Waals surface area contributed by atoms with E-state index in [0.29, 0.717) is 12.3 Å². The number of rotatable bonds is 4. The molecule has 1 saturated carbocycles. The van der Waals surface area contributed by atoms with Crippen molar-refractivity contribution in [3.63, 3.8) is 0 Å². The molecule has 0 radical (unpaired) electrons. The minimum Gasteiger partial charge on any atom is -0.487 e. The molecule has 0 saturated heterocycles. The van der Waals surface area contributed by atoms with E-state index < -0.39 is 29.3 Å². The molecule has 0 aliphatic heterocycles. The number of aromatic nitrogens is 1. The Morgan fingerprint density at radius 1 is 1.06 bits per heavy atom. The Kier molecular flexibility index (Phi) is 3.49. The molecule has 0 N–H and O–H groups in total. The van der Waals surface area contributed by atoms with Crippen molar-refractivity contribution in [1.29, 1.82) is 0 Å². The van der Waals surface area contributed by atoms with Crippen LogP contribution in [0.1, 0.15) is 25.7 Å². The average molecular weight is 249 g/mol. The highest BCUT2D eigenvalue weighted by molar-refractivity contribution is 5.24. The first kappa shape index (κ1) is 12.1. The van der Waals surface area contributed by atoms with Gasteiger partial charge in [-0.2, -0.15) is 22.5 Å². The van der Waals surface area contributed by atoms with E-state index in [0.717, 1.165) is 19.3 Å². The molecular weight excluding hydrogens is 238 g/mol. The molecule has 0 amide bonds. The van der Waals surface area contributed by atoms with Gasteiger partial charge in [-0.1, -0.05) is 19.3 Å². The van der Waals surface area contributed by atoms with Gasteiger partial charge in [0.2, 0.25) is 11.6 Å². The fourth-order valence-electron chi connectivity index (χ4n) is 1.70. The predicted octanol–water partition coefficient (Wildman–Crippen LogP) is 3.21. The van der Waals surface area contributed by atoms with E-state index in [2.05, 4.69) is 4.98 Å². The van der Waals surface area contributed by atoms with Gasteiger partial charge in [0.1, 0.15) is 0 Å². The maximum Gasteiger partial charge on any atom is 0.255 e. The van der Waals surface area contributed by atoms with Crippen molar-refractivity contribution < 1.29 is 22.3 Å². The van der Waals surface area contributed by atoms with Gasteiger partial charge in [-0.3, -0.25) is 0 Å². The monoisotopic (exact) mass is 249 g/mol. The summed E-state index contributed by atoms with van der Waals surface area (Å²) in [4.78, 5) is 2.44. The third kappa shape index (κ3) is 2.50. The Hall–Kier alpha value is -1.33. The molecule has 6 heteroatoms. The fraction of sp³-hybridized carbons (Fsp3) is 0.545. The van der Waals surface area contributed by atoms with E-state index >= 15 is 0 Å². The van der Waals surface area contributed by atoms with Gasteiger partial charge < -0.3 is 4.74 Å². The van der Waals surface area contributed by atoms with Gasteiger partial charge in [0.25, 0.3) is 11.9 Å². The number of hydrogen-bond acceptors (Lipinski definition) is 2. The van der Waals surface area contributed by atoms with Gasteiger partial charge in [-0.15, -0.1) is 0 Å². The second kappa shape index (κ2) is 4.89. The summed E-state index contributed by atoms with van der Waals surface area (Å²) in [5.74, 6) is -7.09. The minimum atomic E-state index is -1.69. The van der Waals surface area contributed by atoms with Gasteiger partial charge in [0.05, 0.1) is 6.61 Å². The van der Waals surface area contributed by atoms with Gasteiger partial charge in [-0.05, 0) is 12.3 Å². The highest BCUT2D eigenvalue weighted by Crippen LogP contribution is 2.30. The summed E-state index contributed by atoms with van der Waals surface area (Å²) in [6.07, 6.45) is 3.90. The van der Waals surface area contributed by atoms with Crippen molar-refractivity contribution >= 4 is 0 Å². The first-order valence-corrected chi connectivity index (χ1v) is 5.42. The Bertz CT molecular complexity index is 394. The minimum absolute atomic E-state index is 0.0431. The van der Waals surface area contributed by atoms with Crippen molar-refractivity contribution in [2.75, 3.05) is 6.61 Å². The average Bonchev–Trinajstić information content (AvgIpc) is 2.23. The molecule has 1 aliphatic carbocycles. The summed E-state index contributed by atoms with van der Waals surface area (Å²) < 4.78 is 56.4. The second-order valence-corrected chi connectivity index (χ2v) is 4.08. The van der Waals surface area contributed by atoms with Crippen LogP contribution in [0.15, 0.2) is 0 Å². The van der Waals surface area contributed by atoms with E-state index in [1.54, 1.807) is 0 Å². The van der Waals surface area contributed by atoms with Crippen LogP contribution < -0.4 is 4.74 Å². The van der Waals surface area contributed by atoms with Crippen molar-refractivity contribution in [2.24, 2.45) is 5.92 Å². The van der Waals surface area contributed by atoms with Crippen LogP contribution in [-0.2, 0) is 0 Å². The first-order chi connectivity index (χ1) is 8.09. The number of halogens is 4. The lowest BCUT2D eigenvalue weighted by Gasteiger charge is -2.25. The molecule has 0 aromatic carbocycles. The van der Waals surface area contributed by atoms with Gasteiger partial charge in [0, 0.05) is 0 Å². The molecule has 2 rings (SSSR count). The molecule has 94 valence electrons. The quantitative estimate of drug-likeness (QED) is 0.603. The third-order valence-electron chi connectivity index (χ3n) is 2.95. The van der Waals surface area contributed by atoms with E-state index in [1.165, 1.54) is 0 Å². The van der Waals surface area contributed by atoms with Crippen LogP contribution in [0.25, 0.3) is 0 Å². The van der Waals surface area contributed by atoms with E-state index in [-0.39, 0.29) is 6.61 Å². The molecule has 0 atom stereocenters. The van der Waals surface area contributed by atoms with Crippen LogP contribution in [0, 0.1) is 29.4 Å². The SMILES string of the molecule is Fc1nc(F)c(F)c(OCCC2CCC2)c1F. The molecule has 1 aromatic heterocycles. The summed E-state index contributed by atoms with van der Waals surface area (Å²) in [7, 11) is 0. The third-order valence-corrected chi connectivity index (χ3v) is 2.95. The molecule has 1 aromatic rings. The van der Waals surface area contributed by atoms with Crippen LogP contribution in [-0.4, -0.2) is 11.6 Å². The van der Waals surface area contributed by atoms with Gasteiger partial charge in [-0.25, -0.2) is 0 Å². The molecule has 0 bridgehead atoms. The Balaban J connectivity index is 2.03. The smallest absolute Gasteiger partial charge is 0.255 e. The fourth-order valence-corrected chi connectivity index (χ4v) is 1.70. The summed E-state index contributed by atoms with van der Waals surface area (Å²) in [5.41, 5.74) is 0. The van der Waals surface area contributed by atoms with E-state index in [1.807, 2.05) is 0 Å². The Labute approximate surface area is 95.6 Å². The predicted molar refractivity (Wildman–Crippen MR) is 51.5 cm³/mol. The number of nitrogens with zero attached hydrogens (tertiary/aromatic N) is 1. The maximum absolute atomic E-state index is 13.1. The largest absolute Gasteiger partial charge is 0.487 e. The molecule has 1 heterocycles. The molecule has 1 fully saturated rings. The van der Waals surface area contributed by atoms with Crippen molar-refractivity contribution in [2.45, 2.75) is 25.7 Å². The number of hydrogen-bond donors (Lipinski definition) is 0. The molecule has 2 nitrogen and oxygen atoms in total. The summed E-state index contributed by atoms with van der Waals surface area (Å²) >= 11 is 0. The number of pyridine rings is 1. The standard InChI is InChI=1S/C11H11F4NO/c12-7-9(8(13)11(15)16-10(7)14)17-5-4-6-2-1-3-6/h6H,1-5H2. The lowest BCUT2D eigenvalue weighted by molar-refractivity contribution is 0.204. The molecule has 17 heavy (non-hydrogen) atoms. The van der Waals surface area contributed by atoms with Crippen LogP contribution >= 0.6 is 0 Å². The Morgan fingerprint density at radius 2 is 1.65 bits per heavy atom. The molecule has 0 spiro atoms. The zero-order chi connectivity index (χ0) is 12.4. The van der Waals surface area contributed by atoms with Crippen LogP contribution in [0.3, 0.4) is 0 Å². The van der Waals surface area contributed by atoms with Crippen molar-refractivity contribution in [3.8, 4) is 5.75 Å². The van der Waals surface area contributed by atoms with Crippen LogP contribution in [0.2, 0.25) is 0 Å². The van der Waals surface area contributed by atoms with Crippen molar-refractivity contribution in [3.05, 3.63) is 23.5 Å².